The Morgan fingerprint density at radius 2 is 1.90 bits per heavy atom. The molecule has 1 aromatic carbocycles. The fourth-order valence-corrected chi connectivity index (χ4v) is 5.15. The molecular formula is C18H24BrCl. The van der Waals surface area contributed by atoms with Gasteiger partial charge >= 0.3 is 0 Å². The third kappa shape index (κ3) is 3.60. The van der Waals surface area contributed by atoms with Crippen molar-refractivity contribution in [2.75, 3.05) is 0 Å². The molecule has 0 aliphatic heterocycles. The molecule has 0 saturated heterocycles. The lowest BCUT2D eigenvalue weighted by Crippen LogP contribution is -2.32. The molecule has 1 aromatic rings. The smallest absolute Gasteiger partial charge is 0.0404 e. The Bertz CT molecular complexity index is 445. The van der Waals surface area contributed by atoms with E-state index < -0.39 is 0 Å². The van der Waals surface area contributed by atoms with E-state index in [1.54, 1.807) is 0 Å². The fraction of sp³-hybridized carbons (Fsp3) is 0.667. The van der Waals surface area contributed by atoms with Crippen molar-refractivity contribution in [3.63, 3.8) is 0 Å². The monoisotopic (exact) mass is 354 g/mol. The summed E-state index contributed by atoms with van der Waals surface area (Å²) in [6, 6.07) is 8.61. The van der Waals surface area contributed by atoms with E-state index in [0.29, 0.717) is 5.38 Å². The maximum Gasteiger partial charge on any atom is 0.0404 e. The quantitative estimate of drug-likeness (QED) is 0.566. The summed E-state index contributed by atoms with van der Waals surface area (Å²) in [5, 5.41) is 0.312. The van der Waals surface area contributed by atoms with Crippen LogP contribution in [0.1, 0.15) is 50.5 Å². The van der Waals surface area contributed by atoms with E-state index in [1.165, 1.54) is 50.5 Å². The Kier molecular flexibility index (Phi) is 5.09. The zero-order valence-electron chi connectivity index (χ0n) is 12.0. The summed E-state index contributed by atoms with van der Waals surface area (Å²) in [6.45, 7) is 0. The molecule has 2 heteroatoms. The van der Waals surface area contributed by atoms with E-state index in [1.807, 2.05) is 0 Å². The summed E-state index contributed by atoms with van der Waals surface area (Å²) in [5.74, 6) is 2.73. The maximum atomic E-state index is 6.76. The molecule has 0 radical (unpaired) electrons. The first-order chi connectivity index (χ1) is 9.72. The predicted molar refractivity (Wildman–Crippen MR) is 90.3 cm³/mol. The Balaban J connectivity index is 1.58. The number of alkyl halides is 1. The predicted octanol–water partition coefficient (Wildman–Crippen LogP) is 6.21. The second kappa shape index (κ2) is 6.83. The fourth-order valence-electron chi connectivity index (χ4n) is 4.29. The van der Waals surface area contributed by atoms with E-state index >= 15 is 0 Å². The van der Waals surface area contributed by atoms with Gasteiger partial charge in [0.1, 0.15) is 0 Å². The van der Waals surface area contributed by atoms with Crippen LogP contribution in [-0.4, -0.2) is 5.38 Å². The van der Waals surface area contributed by atoms with Crippen LogP contribution in [0.15, 0.2) is 28.7 Å². The standard InChI is InChI=1S/C18H24BrCl/c19-17-7-3-4-13(10-17)11-18(20)16-9-8-14-5-1-2-6-15(14)12-16/h3-4,7,10,14-16,18H,1-2,5-6,8-9,11-12H2. The van der Waals surface area contributed by atoms with Gasteiger partial charge in [0.2, 0.25) is 0 Å². The van der Waals surface area contributed by atoms with Crippen molar-refractivity contribution in [1.82, 2.24) is 0 Å². The van der Waals surface area contributed by atoms with Crippen molar-refractivity contribution in [3.8, 4) is 0 Å². The van der Waals surface area contributed by atoms with Crippen LogP contribution in [0.3, 0.4) is 0 Å². The van der Waals surface area contributed by atoms with Gasteiger partial charge in [-0.25, -0.2) is 0 Å². The van der Waals surface area contributed by atoms with Gasteiger partial charge < -0.3 is 0 Å². The minimum atomic E-state index is 0.312. The summed E-state index contributed by atoms with van der Waals surface area (Å²) < 4.78 is 1.16. The van der Waals surface area contributed by atoms with E-state index in [9.17, 15) is 0 Å². The van der Waals surface area contributed by atoms with Gasteiger partial charge in [-0.15, -0.1) is 11.6 Å². The molecule has 2 aliphatic carbocycles. The van der Waals surface area contributed by atoms with Crippen LogP contribution in [-0.2, 0) is 6.42 Å². The summed E-state index contributed by atoms with van der Waals surface area (Å²) in [4.78, 5) is 0. The van der Waals surface area contributed by atoms with Crippen LogP contribution in [0, 0.1) is 17.8 Å². The van der Waals surface area contributed by atoms with Crippen molar-refractivity contribution < 1.29 is 0 Å². The van der Waals surface area contributed by atoms with Crippen molar-refractivity contribution in [2.24, 2.45) is 17.8 Å². The van der Waals surface area contributed by atoms with E-state index in [2.05, 4.69) is 40.2 Å². The van der Waals surface area contributed by atoms with Gasteiger partial charge in [0.05, 0.1) is 0 Å². The summed E-state index contributed by atoms with van der Waals surface area (Å²) in [5.41, 5.74) is 1.37. The second-order valence-corrected chi connectivity index (χ2v) is 8.20. The van der Waals surface area contributed by atoms with Gasteiger partial charge in [-0.05, 0) is 61.1 Å². The summed E-state index contributed by atoms with van der Waals surface area (Å²) in [6.07, 6.45) is 11.0. The van der Waals surface area contributed by atoms with E-state index in [4.69, 9.17) is 11.6 Å². The molecule has 0 heterocycles. The van der Waals surface area contributed by atoms with Gasteiger partial charge in [0.15, 0.2) is 0 Å². The van der Waals surface area contributed by atoms with Crippen LogP contribution in [0.25, 0.3) is 0 Å². The zero-order chi connectivity index (χ0) is 13.9. The average molecular weight is 356 g/mol. The number of benzene rings is 1. The van der Waals surface area contributed by atoms with Crippen molar-refractivity contribution >= 4 is 27.5 Å². The van der Waals surface area contributed by atoms with Crippen LogP contribution in [0.4, 0.5) is 0 Å². The van der Waals surface area contributed by atoms with Gasteiger partial charge in [-0.3, -0.25) is 0 Å². The normalized spacial score (nSPS) is 31.6. The Morgan fingerprint density at radius 1 is 1.10 bits per heavy atom. The summed E-state index contributed by atoms with van der Waals surface area (Å²) in [7, 11) is 0. The molecule has 110 valence electrons. The molecule has 20 heavy (non-hydrogen) atoms. The highest BCUT2D eigenvalue weighted by molar-refractivity contribution is 9.10. The lowest BCUT2D eigenvalue weighted by atomic mass is 9.66. The highest BCUT2D eigenvalue weighted by atomic mass is 79.9. The third-order valence-electron chi connectivity index (χ3n) is 5.41. The number of fused-ring (bicyclic) bond motifs is 1. The molecule has 2 fully saturated rings. The van der Waals surface area contributed by atoms with Crippen molar-refractivity contribution in [1.29, 1.82) is 0 Å². The van der Waals surface area contributed by atoms with Gasteiger partial charge in [-0.2, -0.15) is 0 Å². The van der Waals surface area contributed by atoms with Crippen LogP contribution < -0.4 is 0 Å². The molecule has 0 aromatic heterocycles. The van der Waals surface area contributed by atoms with Crippen molar-refractivity contribution in [3.05, 3.63) is 34.3 Å². The summed E-state index contributed by atoms with van der Waals surface area (Å²) >= 11 is 10.3. The largest absolute Gasteiger partial charge is 0.122 e. The minimum Gasteiger partial charge on any atom is -0.122 e. The van der Waals surface area contributed by atoms with E-state index in [0.717, 1.165) is 28.6 Å². The zero-order valence-corrected chi connectivity index (χ0v) is 14.4. The molecule has 3 rings (SSSR count). The van der Waals surface area contributed by atoms with E-state index in [-0.39, 0.29) is 0 Å². The molecule has 4 unspecified atom stereocenters. The molecule has 4 atom stereocenters. The first kappa shape index (κ1) is 14.9. The molecule has 0 nitrogen and oxygen atoms in total. The molecular weight excluding hydrogens is 332 g/mol. The number of rotatable bonds is 3. The maximum absolute atomic E-state index is 6.76. The Hall–Kier alpha value is -0.0100. The van der Waals surface area contributed by atoms with Gasteiger partial charge in [0, 0.05) is 9.85 Å². The van der Waals surface area contributed by atoms with Gasteiger partial charge in [0.25, 0.3) is 0 Å². The second-order valence-electron chi connectivity index (χ2n) is 6.73. The number of hydrogen-bond donors (Lipinski definition) is 0. The highest BCUT2D eigenvalue weighted by Crippen LogP contribution is 2.44. The highest BCUT2D eigenvalue weighted by Gasteiger charge is 2.34. The topological polar surface area (TPSA) is 0 Å². The Labute approximate surface area is 136 Å². The first-order valence-electron chi connectivity index (χ1n) is 8.11. The molecule has 0 spiro atoms. The first-order valence-corrected chi connectivity index (χ1v) is 9.34. The van der Waals surface area contributed by atoms with Gasteiger partial charge in [-0.1, -0.05) is 53.7 Å². The number of halogens is 2. The van der Waals surface area contributed by atoms with Crippen LogP contribution >= 0.6 is 27.5 Å². The third-order valence-corrected chi connectivity index (χ3v) is 6.42. The average Bonchev–Trinajstić information content (AvgIpc) is 2.47. The molecule has 0 bridgehead atoms. The molecule has 0 amide bonds. The van der Waals surface area contributed by atoms with Crippen LogP contribution in [0.5, 0.6) is 0 Å². The minimum absolute atomic E-state index is 0.312. The SMILES string of the molecule is ClC(Cc1cccc(Br)c1)C1CCC2CCCCC2C1. The van der Waals surface area contributed by atoms with Crippen LogP contribution in [0.2, 0.25) is 0 Å². The van der Waals surface area contributed by atoms with Crippen molar-refractivity contribution in [2.45, 2.75) is 56.7 Å². The Morgan fingerprint density at radius 3 is 2.70 bits per heavy atom. The lowest BCUT2D eigenvalue weighted by Gasteiger charge is -2.40. The molecule has 0 N–H and O–H groups in total. The molecule has 2 saturated carbocycles. The number of hydrogen-bond acceptors (Lipinski definition) is 0. The molecule has 2 aliphatic rings. The lowest BCUT2D eigenvalue weighted by molar-refractivity contribution is 0.127.